The predicted molar refractivity (Wildman–Crippen MR) is 66.7 cm³/mol. The summed E-state index contributed by atoms with van der Waals surface area (Å²) in [4.78, 5) is 13.4. The third-order valence-electron chi connectivity index (χ3n) is 2.12. The van der Waals surface area contributed by atoms with Crippen molar-refractivity contribution in [3.05, 3.63) is 29.8 Å². The van der Waals surface area contributed by atoms with Crippen molar-refractivity contribution in [3.63, 3.8) is 0 Å². The molecular weight excluding hydrogens is 216 g/mol. The molecule has 2 N–H and O–H groups in total. The zero-order chi connectivity index (χ0) is 12.7. The Morgan fingerprint density at radius 3 is 2.53 bits per heavy atom. The third kappa shape index (κ3) is 5.00. The van der Waals surface area contributed by atoms with Crippen molar-refractivity contribution in [1.29, 1.82) is 5.26 Å². The molecule has 0 radical (unpaired) electrons. The molecule has 17 heavy (non-hydrogen) atoms. The molecule has 0 atom stereocenters. The maximum absolute atomic E-state index is 11.4. The van der Waals surface area contributed by atoms with Crippen molar-refractivity contribution < 1.29 is 4.79 Å². The van der Waals surface area contributed by atoms with E-state index >= 15 is 0 Å². The molecular formula is C12H16N4O. The van der Waals surface area contributed by atoms with E-state index in [0.29, 0.717) is 17.8 Å². The predicted octanol–water partition coefficient (Wildman–Crippen LogP) is 1.24. The molecule has 0 bridgehead atoms. The Labute approximate surface area is 101 Å². The fourth-order valence-corrected chi connectivity index (χ4v) is 1.20. The third-order valence-corrected chi connectivity index (χ3v) is 2.12. The molecule has 0 unspecified atom stereocenters. The first kappa shape index (κ1) is 13.0. The van der Waals surface area contributed by atoms with Gasteiger partial charge in [0.05, 0.1) is 11.6 Å². The first-order valence-corrected chi connectivity index (χ1v) is 5.31. The molecule has 90 valence electrons. The van der Waals surface area contributed by atoms with Gasteiger partial charge in [-0.05, 0) is 38.4 Å². The molecule has 0 aromatic heterocycles. The summed E-state index contributed by atoms with van der Waals surface area (Å²) in [5.41, 5.74) is 1.25. The minimum atomic E-state index is -0.239. The molecule has 0 aliphatic rings. The first-order valence-electron chi connectivity index (χ1n) is 5.31. The highest BCUT2D eigenvalue weighted by atomic mass is 16.2. The van der Waals surface area contributed by atoms with E-state index in [-0.39, 0.29) is 6.03 Å². The molecule has 1 aromatic carbocycles. The van der Waals surface area contributed by atoms with Gasteiger partial charge in [-0.2, -0.15) is 5.26 Å². The summed E-state index contributed by atoms with van der Waals surface area (Å²) in [7, 11) is 3.89. The highest BCUT2D eigenvalue weighted by molar-refractivity contribution is 5.89. The summed E-state index contributed by atoms with van der Waals surface area (Å²) in [5.74, 6) is 0. The normalized spacial score (nSPS) is 9.76. The average molecular weight is 232 g/mol. The van der Waals surface area contributed by atoms with Gasteiger partial charge in [0.15, 0.2) is 0 Å². The van der Waals surface area contributed by atoms with Gasteiger partial charge in [0.1, 0.15) is 0 Å². The summed E-state index contributed by atoms with van der Waals surface area (Å²) >= 11 is 0. The van der Waals surface area contributed by atoms with Crippen LogP contribution < -0.4 is 10.6 Å². The van der Waals surface area contributed by atoms with Gasteiger partial charge >= 0.3 is 6.03 Å². The quantitative estimate of drug-likeness (QED) is 0.820. The van der Waals surface area contributed by atoms with Crippen molar-refractivity contribution in [2.75, 3.05) is 32.5 Å². The van der Waals surface area contributed by atoms with Crippen molar-refractivity contribution in [1.82, 2.24) is 10.2 Å². The zero-order valence-electron chi connectivity index (χ0n) is 10.0. The number of nitriles is 1. The van der Waals surface area contributed by atoms with Crippen LogP contribution in [0.5, 0.6) is 0 Å². The molecule has 0 saturated heterocycles. The number of benzene rings is 1. The topological polar surface area (TPSA) is 68.2 Å². The number of nitrogens with zero attached hydrogens (tertiary/aromatic N) is 2. The molecule has 2 amide bonds. The Morgan fingerprint density at radius 2 is 2.00 bits per heavy atom. The minimum absolute atomic E-state index is 0.239. The van der Waals surface area contributed by atoms with E-state index in [0.717, 1.165) is 6.54 Å². The standard InChI is InChI=1S/C12H16N4O/c1-16(2)8-7-14-12(17)15-11-5-3-10(9-13)4-6-11/h3-6H,7-8H2,1-2H3,(H2,14,15,17). The fourth-order valence-electron chi connectivity index (χ4n) is 1.20. The minimum Gasteiger partial charge on any atom is -0.337 e. The molecule has 0 spiro atoms. The van der Waals surface area contributed by atoms with Crippen LogP contribution in [-0.2, 0) is 0 Å². The van der Waals surface area contributed by atoms with Crippen molar-refractivity contribution >= 4 is 11.7 Å². The Hall–Kier alpha value is -2.06. The second-order valence-electron chi connectivity index (χ2n) is 3.87. The fraction of sp³-hybridized carbons (Fsp3) is 0.333. The number of rotatable bonds is 4. The zero-order valence-corrected chi connectivity index (χ0v) is 10.0. The summed E-state index contributed by atoms with van der Waals surface area (Å²) in [6.45, 7) is 1.38. The number of hydrogen-bond donors (Lipinski definition) is 2. The van der Waals surface area contributed by atoms with Crippen LogP contribution in [0.4, 0.5) is 10.5 Å². The monoisotopic (exact) mass is 232 g/mol. The van der Waals surface area contributed by atoms with Gasteiger partial charge in [0.2, 0.25) is 0 Å². The number of hydrogen-bond acceptors (Lipinski definition) is 3. The van der Waals surface area contributed by atoms with E-state index < -0.39 is 0 Å². The molecule has 0 fully saturated rings. The number of anilines is 1. The van der Waals surface area contributed by atoms with Crippen LogP contribution in [-0.4, -0.2) is 38.1 Å². The second kappa shape index (κ2) is 6.51. The van der Waals surface area contributed by atoms with E-state index in [4.69, 9.17) is 5.26 Å². The molecule has 0 heterocycles. The highest BCUT2D eigenvalue weighted by Gasteiger charge is 2.01. The molecule has 0 saturated carbocycles. The number of carbonyl (C=O) groups is 1. The van der Waals surface area contributed by atoms with Crippen molar-refractivity contribution in [2.45, 2.75) is 0 Å². The summed E-state index contributed by atoms with van der Waals surface area (Å²) < 4.78 is 0. The van der Waals surface area contributed by atoms with Crippen LogP contribution in [0, 0.1) is 11.3 Å². The Balaban J connectivity index is 2.37. The molecule has 0 aliphatic carbocycles. The van der Waals surface area contributed by atoms with Gasteiger partial charge in [-0.3, -0.25) is 0 Å². The highest BCUT2D eigenvalue weighted by Crippen LogP contribution is 2.08. The first-order chi connectivity index (χ1) is 8.11. The lowest BCUT2D eigenvalue weighted by atomic mass is 10.2. The number of amides is 2. The Kier molecular flexibility index (Phi) is 4.98. The Morgan fingerprint density at radius 1 is 1.35 bits per heavy atom. The van der Waals surface area contributed by atoms with E-state index in [1.807, 2.05) is 25.1 Å². The lowest BCUT2D eigenvalue weighted by molar-refractivity contribution is 0.250. The molecule has 5 nitrogen and oxygen atoms in total. The summed E-state index contributed by atoms with van der Waals surface area (Å²) in [6, 6.07) is 8.50. The number of likely N-dealkylation sites (N-methyl/N-ethyl adjacent to an activating group) is 1. The van der Waals surface area contributed by atoms with Crippen LogP contribution in [0.1, 0.15) is 5.56 Å². The van der Waals surface area contributed by atoms with Crippen LogP contribution in [0.2, 0.25) is 0 Å². The molecule has 5 heteroatoms. The van der Waals surface area contributed by atoms with Crippen LogP contribution in [0.3, 0.4) is 0 Å². The van der Waals surface area contributed by atoms with Gasteiger partial charge in [0, 0.05) is 18.8 Å². The van der Waals surface area contributed by atoms with E-state index in [2.05, 4.69) is 10.6 Å². The van der Waals surface area contributed by atoms with Gasteiger partial charge in [-0.25, -0.2) is 4.79 Å². The van der Waals surface area contributed by atoms with Crippen LogP contribution in [0.25, 0.3) is 0 Å². The largest absolute Gasteiger partial charge is 0.337 e. The maximum Gasteiger partial charge on any atom is 0.319 e. The van der Waals surface area contributed by atoms with Gasteiger partial charge in [-0.1, -0.05) is 0 Å². The number of urea groups is 1. The van der Waals surface area contributed by atoms with E-state index in [9.17, 15) is 4.79 Å². The summed E-state index contributed by atoms with van der Waals surface area (Å²) in [5, 5.41) is 14.0. The summed E-state index contributed by atoms with van der Waals surface area (Å²) in [6.07, 6.45) is 0. The second-order valence-corrected chi connectivity index (χ2v) is 3.87. The molecule has 1 aromatic rings. The maximum atomic E-state index is 11.4. The molecule has 0 aliphatic heterocycles. The van der Waals surface area contributed by atoms with E-state index in [1.54, 1.807) is 24.3 Å². The average Bonchev–Trinajstić information content (AvgIpc) is 2.29. The van der Waals surface area contributed by atoms with Gasteiger partial charge in [-0.15, -0.1) is 0 Å². The van der Waals surface area contributed by atoms with Gasteiger partial charge < -0.3 is 15.5 Å². The smallest absolute Gasteiger partial charge is 0.319 e. The van der Waals surface area contributed by atoms with E-state index in [1.165, 1.54) is 0 Å². The lowest BCUT2D eigenvalue weighted by Gasteiger charge is -2.11. The van der Waals surface area contributed by atoms with Crippen molar-refractivity contribution in [2.24, 2.45) is 0 Å². The van der Waals surface area contributed by atoms with Crippen LogP contribution in [0.15, 0.2) is 24.3 Å². The van der Waals surface area contributed by atoms with Gasteiger partial charge in [0.25, 0.3) is 0 Å². The lowest BCUT2D eigenvalue weighted by Crippen LogP contribution is -2.34. The Bertz CT molecular complexity index is 406. The SMILES string of the molecule is CN(C)CCNC(=O)Nc1ccc(C#N)cc1. The van der Waals surface area contributed by atoms with Crippen molar-refractivity contribution in [3.8, 4) is 6.07 Å². The van der Waals surface area contributed by atoms with Crippen LogP contribution >= 0.6 is 0 Å². The number of carbonyl (C=O) groups excluding carboxylic acids is 1. The number of nitrogens with one attached hydrogen (secondary N) is 2. The molecule has 1 rings (SSSR count).